The van der Waals surface area contributed by atoms with Crippen LogP contribution >= 0.6 is 22.9 Å². The molecule has 0 bridgehead atoms. The topological polar surface area (TPSA) is 50.7 Å². The molecule has 0 radical (unpaired) electrons. The molecule has 140 valence electrons. The Morgan fingerprint density at radius 1 is 0.929 bits per heavy atom. The Morgan fingerprint density at radius 3 is 2.46 bits per heavy atom. The molecule has 0 fully saturated rings. The van der Waals surface area contributed by atoms with Crippen molar-refractivity contribution in [1.82, 2.24) is 15.0 Å². The molecule has 4 rings (SSSR count). The van der Waals surface area contributed by atoms with E-state index in [0.717, 1.165) is 45.5 Å². The number of halogens is 1. The van der Waals surface area contributed by atoms with Gasteiger partial charge in [0.15, 0.2) is 0 Å². The molecular formula is C22H19ClN4S. The number of nitrogens with one attached hydrogen (secondary N) is 1. The monoisotopic (exact) mass is 406 g/mol. The van der Waals surface area contributed by atoms with Gasteiger partial charge < -0.3 is 5.32 Å². The number of rotatable bonds is 6. The first-order chi connectivity index (χ1) is 13.7. The minimum absolute atomic E-state index is 0.461. The summed E-state index contributed by atoms with van der Waals surface area (Å²) in [5.74, 6) is 1.48. The smallest absolute Gasteiger partial charge is 0.134 e. The van der Waals surface area contributed by atoms with Crippen LogP contribution in [0.15, 0.2) is 66.0 Å². The third kappa shape index (κ3) is 4.38. The fraction of sp³-hybridized carbons (Fsp3) is 0.136. The van der Waals surface area contributed by atoms with Crippen LogP contribution in [0.1, 0.15) is 18.3 Å². The van der Waals surface area contributed by atoms with Gasteiger partial charge in [0.05, 0.1) is 5.69 Å². The fourth-order valence-corrected chi connectivity index (χ4v) is 3.86. The Labute approximate surface area is 173 Å². The van der Waals surface area contributed by atoms with Gasteiger partial charge in [-0.05, 0) is 5.56 Å². The summed E-state index contributed by atoms with van der Waals surface area (Å²) in [7, 11) is 0. The second-order valence-electron chi connectivity index (χ2n) is 6.30. The SMILES string of the molecule is CCc1nc(Cl)cc(NCc2ccc(-c3nc(-c4ccccc4)cs3)cc2)n1. The van der Waals surface area contributed by atoms with E-state index in [1.54, 1.807) is 17.4 Å². The van der Waals surface area contributed by atoms with E-state index in [1.165, 1.54) is 0 Å². The number of aryl methyl sites for hydroxylation is 1. The van der Waals surface area contributed by atoms with Gasteiger partial charge in [-0.25, -0.2) is 15.0 Å². The van der Waals surface area contributed by atoms with E-state index in [2.05, 4.69) is 57.1 Å². The van der Waals surface area contributed by atoms with Crippen LogP contribution in [-0.4, -0.2) is 15.0 Å². The van der Waals surface area contributed by atoms with Crippen LogP contribution in [0.2, 0.25) is 5.15 Å². The average Bonchev–Trinajstić information content (AvgIpc) is 3.23. The van der Waals surface area contributed by atoms with E-state index in [4.69, 9.17) is 16.6 Å². The Morgan fingerprint density at radius 2 is 1.71 bits per heavy atom. The number of anilines is 1. The molecular weight excluding hydrogens is 388 g/mol. The predicted molar refractivity (Wildman–Crippen MR) is 117 cm³/mol. The number of thiazole rings is 1. The van der Waals surface area contributed by atoms with Gasteiger partial charge in [0.1, 0.15) is 21.8 Å². The first-order valence-corrected chi connectivity index (χ1v) is 10.3. The quantitative estimate of drug-likeness (QED) is 0.393. The average molecular weight is 407 g/mol. The van der Waals surface area contributed by atoms with Crippen molar-refractivity contribution >= 4 is 28.8 Å². The molecule has 2 aromatic heterocycles. The highest BCUT2D eigenvalue weighted by Gasteiger charge is 2.07. The molecule has 28 heavy (non-hydrogen) atoms. The predicted octanol–water partition coefficient (Wildman–Crippen LogP) is 6.10. The van der Waals surface area contributed by atoms with E-state index >= 15 is 0 Å². The van der Waals surface area contributed by atoms with E-state index < -0.39 is 0 Å². The first kappa shape index (κ1) is 18.6. The molecule has 4 aromatic rings. The fourth-order valence-electron chi connectivity index (χ4n) is 2.82. The van der Waals surface area contributed by atoms with E-state index in [9.17, 15) is 0 Å². The maximum atomic E-state index is 6.05. The molecule has 0 saturated heterocycles. The van der Waals surface area contributed by atoms with Crippen molar-refractivity contribution < 1.29 is 0 Å². The Balaban J connectivity index is 1.44. The van der Waals surface area contributed by atoms with Gasteiger partial charge in [0, 0.05) is 35.5 Å². The van der Waals surface area contributed by atoms with Crippen LogP contribution in [0.4, 0.5) is 5.82 Å². The number of hydrogen-bond donors (Lipinski definition) is 1. The lowest BCUT2D eigenvalue weighted by Crippen LogP contribution is -2.04. The van der Waals surface area contributed by atoms with Crippen LogP contribution in [0.5, 0.6) is 0 Å². The zero-order valence-electron chi connectivity index (χ0n) is 15.4. The minimum atomic E-state index is 0.461. The summed E-state index contributed by atoms with van der Waals surface area (Å²) in [6, 6.07) is 20.4. The Hall–Kier alpha value is -2.76. The lowest BCUT2D eigenvalue weighted by molar-refractivity contribution is 0.933. The molecule has 0 spiro atoms. The maximum absolute atomic E-state index is 6.05. The molecule has 6 heteroatoms. The van der Waals surface area contributed by atoms with Crippen LogP contribution in [-0.2, 0) is 13.0 Å². The molecule has 0 atom stereocenters. The molecule has 4 nitrogen and oxygen atoms in total. The molecule has 1 N–H and O–H groups in total. The molecule has 0 aliphatic rings. The van der Waals surface area contributed by atoms with Crippen LogP contribution in [0, 0.1) is 0 Å². The number of nitrogens with zero attached hydrogens (tertiary/aromatic N) is 3. The largest absolute Gasteiger partial charge is 0.366 e. The first-order valence-electron chi connectivity index (χ1n) is 9.09. The van der Waals surface area contributed by atoms with E-state index in [0.29, 0.717) is 11.7 Å². The number of benzene rings is 2. The molecule has 0 unspecified atom stereocenters. The van der Waals surface area contributed by atoms with Gasteiger partial charge >= 0.3 is 0 Å². The van der Waals surface area contributed by atoms with E-state index in [1.807, 2.05) is 25.1 Å². The summed E-state index contributed by atoms with van der Waals surface area (Å²) in [5.41, 5.74) is 4.44. The Bertz CT molecular complexity index is 1060. The third-order valence-corrected chi connectivity index (χ3v) is 5.39. The highest BCUT2D eigenvalue weighted by Crippen LogP contribution is 2.29. The van der Waals surface area contributed by atoms with Gasteiger partial charge in [0.25, 0.3) is 0 Å². The van der Waals surface area contributed by atoms with Crippen molar-refractivity contribution in [3.63, 3.8) is 0 Å². The Kier molecular flexibility index (Phi) is 5.65. The molecule has 0 aliphatic carbocycles. The normalized spacial score (nSPS) is 10.8. The minimum Gasteiger partial charge on any atom is -0.366 e. The summed E-state index contributed by atoms with van der Waals surface area (Å²) in [6.45, 7) is 2.68. The molecule has 0 aliphatic heterocycles. The molecule has 0 amide bonds. The lowest BCUT2D eigenvalue weighted by Gasteiger charge is -2.08. The van der Waals surface area contributed by atoms with Crippen molar-refractivity contribution in [2.75, 3.05) is 5.32 Å². The van der Waals surface area contributed by atoms with Crippen molar-refractivity contribution in [3.05, 3.63) is 82.6 Å². The van der Waals surface area contributed by atoms with Crippen molar-refractivity contribution in [2.45, 2.75) is 19.9 Å². The zero-order chi connectivity index (χ0) is 19.3. The molecule has 2 heterocycles. The van der Waals surface area contributed by atoms with Crippen molar-refractivity contribution in [3.8, 4) is 21.8 Å². The van der Waals surface area contributed by atoms with Crippen LogP contribution in [0.25, 0.3) is 21.8 Å². The maximum Gasteiger partial charge on any atom is 0.134 e. The summed E-state index contributed by atoms with van der Waals surface area (Å²) < 4.78 is 0. The highest BCUT2D eigenvalue weighted by atomic mass is 35.5. The second-order valence-corrected chi connectivity index (χ2v) is 7.55. The van der Waals surface area contributed by atoms with Gasteiger partial charge in [-0.2, -0.15) is 0 Å². The van der Waals surface area contributed by atoms with Crippen LogP contribution < -0.4 is 5.32 Å². The molecule has 0 saturated carbocycles. The second kappa shape index (κ2) is 8.50. The third-order valence-electron chi connectivity index (χ3n) is 4.31. The summed E-state index contributed by atoms with van der Waals surface area (Å²) in [5, 5.41) is 6.90. The van der Waals surface area contributed by atoms with Gasteiger partial charge in [-0.3, -0.25) is 0 Å². The van der Waals surface area contributed by atoms with Gasteiger partial charge in [-0.1, -0.05) is 73.1 Å². The molecule has 2 aromatic carbocycles. The summed E-state index contributed by atoms with van der Waals surface area (Å²) >= 11 is 7.71. The zero-order valence-corrected chi connectivity index (χ0v) is 17.0. The van der Waals surface area contributed by atoms with E-state index in [-0.39, 0.29) is 0 Å². The van der Waals surface area contributed by atoms with Gasteiger partial charge in [-0.15, -0.1) is 11.3 Å². The van der Waals surface area contributed by atoms with Crippen molar-refractivity contribution in [2.24, 2.45) is 0 Å². The standard InChI is InChI=1S/C22H19ClN4S/c1-2-20-26-19(23)12-21(27-20)24-13-15-8-10-17(11-9-15)22-25-18(14-28-22)16-6-4-3-5-7-16/h3-12,14H,2,13H2,1H3,(H,24,26,27). The summed E-state index contributed by atoms with van der Waals surface area (Å²) in [4.78, 5) is 13.4. The number of hydrogen-bond acceptors (Lipinski definition) is 5. The summed E-state index contributed by atoms with van der Waals surface area (Å²) in [6.07, 6.45) is 0.753. The van der Waals surface area contributed by atoms with Crippen LogP contribution in [0.3, 0.4) is 0 Å². The van der Waals surface area contributed by atoms with Gasteiger partial charge in [0.2, 0.25) is 0 Å². The highest BCUT2D eigenvalue weighted by molar-refractivity contribution is 7.13. The van der Waals surface area contributed by atoms with Crippen molar-refractivity contribution in [1.29, 1.82) is 0 Å². The number of aromatic nitrogens is 3. The lowest BCUT2D eigenvalue weighted by atomic mass is 10.1.